The van der Waals surface area contributed by atoms with E-state index >= 15 is 0 Å². The second-order valence-electron chi connectivity index (χ2n) is 6.37. The Morgan fingerprint density at radius 1 is 1.12 bits per heavy atom. The molecule has 0 saturated carbocycles. The van der Waals surface area contributed by atoms with Gasteiger partial charge in [0, 0.05) is 10.7 Å². The molecule has 0 aliphatic carbocycles. The van der Waals surface area contributed by atoms with Crippen LogP contribution in [0.4, 0.5) is 10.5 Å². The molecule has 1 saturated heterocycles. The molecule has 0 spiro atoms. The third-order valence-electron chi connectivity index (χ3n) is 4.33. The highest BCUT2D eigenvalue weighted by molar-refractivity contribution is 6.30. The largest absolute Gasteiger partial charge is 0.325 e. The van der Waals surface area contributed by atoms with Crippen LogP contribution in [0.1, 0.15) is 18.1 Å². The van der Waals surface area contributed by atoms with Gasteiger partial charge in [0.1, 0.15) is 12.1 Å². The van der Waals surface area contributed by atoms with Crippen LogP contribution in [0.2, 0.25) is 5.02 Å². The second-order valence-corrected chi connectivity index (χ2v) is 6.80. The molecule has 0 aromatic heterocycles. The van der Waals surface area contributed by atoms with Crippen LogP contribution >= 0.6 is 11.6 Å². The molecular weight excluding hydrogens is 354 g/mol. The van der Waals surface area contributed by atoms with Gasteiger partial charge in [-0.15, -0.1) is 0 Å². The Hall–Kier alpha value is -2.86. The molecule has 6 nitrogen and oxygen atoms in total. The van der Waals surface area contributed by atoms with Gasteiger partial charge in [-0.2, -0.15) is 0 Å². The second kappa shape index (κ2) is 6.80. The van der Waals surface area contributed by atoms with Gasteiger partial charge in [0.25, 0.3) is 5.91 Å². The lowest BCUT2D eigenvalue weighted by molar-refractivity contribution is -0.133. The maximum atomic E-state index is 12.8. The minimum Gasteiger partial charge on any atom is -0.325 e. The molecule has 2 N–H and O–H groups in total. The fraction of sp³-hybridized carbons (Fsp3) is 0.211. The van der Waals surface area contributed by atoms with Crippen molar-refractivity contribution in [3.05, 3.63) is 64.7 Å². The Morgan fingerprint density at radius 2 is 1.73 bits per heavy atom. The van der Waals surface area contributed by atoms with E-state index in [-0.39, 0.29) is 6.54 Å². The van der Waals surface area contributed by atoms with Crippen LogP contribution < -0.4 is 10.6 Å². The summed E-state index contributed by atoms with van der Waals surface area (Å²) in [7, 11) is 0. The summed E-state index contributed by atoms with van der Waals surface area (Å²) in [6, 6.07) is 13.3. The zero-order valence-corrected chi connectivity index (χ0v) is 15.1. The zero-order chi connectivity index (χ0) is 18.9. The Balaban J connectivity index is 1.73. The number of carbonyl (C=O) groups is 3. The first kappa shape index (κ1) is 17.9. The van der Waals surface area contributed by atoms with Crippen molar-refractivity contribution in [1.29, 1.82) is 0 Å². The van der Waals surface area contributed by atoms with E-state index in [1.54, 1.807) is 43.3 Å². The molecule has 1 aliphatic rings. The van der Waals surface area contributed by atoms with E-state index in [0.717, 1.165) is 10.5 Å². The number of nitrogens with zero attached hydrogens (tertiary/aromatic N) is 1. The molecule has 1 fully saturated rings. The van der Waals surface area contributed by atoms with Gasteiger partial charge in [-0.05, 0) is 43.7 Å². The first-order valence-electron chi connectivity index (χ1n) is 8.06. The van der Waals surface area contributed by atoms with E-state index < -0.39 is 23.4 Å². The highest BCUT2D eigenvalue weighted by Gasteiger charge is 2.49. The van der Waals surface area contributed by atoms with Crippen LogP contribution in [0.25, 0.3) is 0 Å². The maximum absolute atomic E-state index is 12.8. The predicted molar refractivity (Wildman–Crippen MR) is 98.9 cm³/mol. The van der Waals surface area contributed by atoms with Gasteiger partial charge in [-0.3, -0.25) is 14.5 Å². The van der Waals surface area contributed by atoms with Crippen molar-refractivity contribution in [2.75, 3.05) is 11.9 Å². The van der Waals surface area contributed by atoms with E-state index in [9.17, 15) is 14.4 Å². The summed E-state index contributed by atoms with van der Waals surface area (Å²) in [5.41, 5.74) is 1.04. The van der Waals surface area contributed by atoms with Crippen LogP contribution in [0.3, 0.4) is 0 Å². The number of nitrogens with one attached hydrogen (secondary N) is 2. The Labute approximate surface area is 156 Å². The quantitative estimate of drug-likeness (QED) is 0.811. The highest BCUT2D eigenvalue weighted by Crippen LogP contribution is 2.29. The molecule has 1 aliphatic heterocycles. The van der Waals surface area contributed by atoms with Crippen molar-refractivity contribution in [2.24, 2.45) is 0 Å². The van der Waals surface area contributed by atoms with Crippen LogP contribution in [-0.2, 0) is 15.1 Å². The van der Waals surface area contributed by atoms with Crippen LogP contribution in [-0.4, -0.2) is 29.3 Å². The van der Waals surface area contributed by atoms with E-state index in [0.29, 0.717) is 16.3 Å². The third-order valence-corrected chi connectivity index (χ3v) is 4.59. The monoisotopic (exact) mass is 371 g/mol. The molecule has 4 amide bonds. The number of benzene rings is 2. The number of hydrogen-bond acceptors (Lipinski definition) is 3. The normalized spacial score (nSPS) is 19.4. The van der Waals surface area contributed by atoms with Gasteiger partial charge >= 0.3 is 6.03 Å². The third kappa shape index (κ3) is 3.41. The molecule has 134 valence electrons. The fourth-order valence-corrected chi connectivity index (χ4v) is 2.93. The molecule has 0 bridgehead atoms. The minimum atomic E-state index is -1.23. The standard InChI is InChI=1S/C19H18ClN3O3/c1-12-3-9-15(10-4-12)21-16(24)11-23-17(25)19(2,22-18(23)26)13-5-7-14(20)8-6-13/h3-10H,11H2,1-2H3,(H,21,24)(H,22,26)/t19-/m1/s1. The van der Waals surface area contributed by atoms with Crippen molar-refractivity contribution in [3.8, 4) is 0 Å². The number of hydrogen-bond donors (Lipinski definition) is 2. The smallest absolute Gasteiger partial charge is 0.325 e. The average Bonchev–Trinajstić information content (AvgIpc) is 2.82. The lowest BCUT2D eigenvalue weighted by atomic mass is 9.92. The van der Waals surface area contributed by atoms with Crippen LogP contribution in [0, 0.1) is 6.92 Å². The molecule has 0 unspecified atom stereocenters. The summed E-state index contributed by atoms with van der Waals surface area (Å²) in [6.45, 7) is 3.19. The first-order chi connectivity index (χ1) is 12.3. The number of carbonyl (C=O) groups excluding carboxylic acids is 3. The van der Waals surface area contributed by atoms with Crippen molar-refractivity contribution in [1.82, 2.24) is 10.2 Å². The number of imide groups is 1. The molecule has 7 heteroatoms. The molecule has 2 aromatic rings. The maximum Gasteiger partial charge on any atom is 0.325 e. The van der Waals surface area contributed by atoms with Gasteiger partial charge in [-0.25, -0.2) is 4.79 Å². The van der Waals surface area contributed by atoms with Crippen LogP contribution in [0.15, 0.2) is 48.5 Å². The molecule has 3 rings (SSSR count). The summed E-state index contributed by atoms with van der Waals surface area (Å²) in [4.78, 5) is 38.2. The number of urea groups is 1. The molecule has 2 aromatic carbocycles. The molecule has 1 heterocycles. The summed E-state index contributed by atoms with van der Waals surface area (Å²) in [5, 5.41) is 5.87. The number of aryl methyl sites for hydroxylation is 1. The summed E-state index contributed by atoms with van der Waals surface area (Å²) in [6.07, 6.45) is 0. The van der Waals surface area contributed by atoms with Crippen molar-refractivity contribution >= 4 is 35.1 Å². The lowest BCUT2D eigenvalue weighted by Gasteiger charge is -2.22. The van der Waals surface area contributed by atoms with E-state index in [1.807, 2.05) is 19.1 Å². The van der Waals surface area contributed by atoms with Gasteiger partial charge in [0.15, 0.2) is 0 Å². The number of anilines is 1. The number of halogens is 1. The van der Waals surface area contributed by atoms with Gasteiger partial charge in [0.05, 0.1) is 0 Å². The lowest BCUT2D eigenvalue weighted by Crippen LogP contribution is -2.42. The first-order valence-corrected chi connectivity index (χ1v) is 8.44. The number of amides is 4. The molecule has 0 radical (unpaired) electrons. The Bertz CT molecular complexity index is 865. The Morgan fingerprint density at radius 3 is 2.35 bits per heavy atom. The van der Waals surface area contributed by atoms with Gasteiger partial charge in [-0.1, -0.05) is 41.4 Å². The van der Waals surface area contributed by atoms with Crippen molar-refractivity contribution in [2.45, 2.75) is 19.4 Å². The summed E-state index contributed by atoms with van der Waals surface area (Å²) < 4.78 is 0. The van der Waals surface area contributed by atoms with E-state index in [2.05, 4.69) is 10.6 Å². The van der Waals surface area contributed by atoms with Gasteiger partial charge < -0.3 is 10.6 Å². The number of rotatable bonds is 4. The Kier molecular flexibility index (Phi) is 4.70. The summed E-state index contributed by atoms with van der Waals surface area (Å²) in [5.74, 6) is -0.929. The minimum absolute atomic E-state index is 0.359. The molecular formula is C19H18ClN3O3. The van der Waals surface area contributed by atoms with Crippen molar-refractivity contribution in [3.63, 3.8) is 0 Å². The molecule has 1 atom stereocenters. The molecule has 26 heavy (non-hydrogen) atoms. The highest BCUT2D eigenvalue weighted by atomic mass is 35.5. The average molecular weight is 372 g/mol. The predicted octanol–water partition coefficient (Wildman–Crippen LogP) is 3.05. The van der Waals surface area contributed by atoms with Crippen LogP contribution in [0.5, 0.6) is 0 Å². The summed E-state index contributed by atoms with van der Waals surface area (Å²) >= 11 is 5.88. The van der Waals surface area contributed by atoms with Gasteiger partial charge in [0.2, 0.25) is 5.91 Å². The fourth-order valence-electron chi connectivity index (χ4n) is 2.80. The van der Waals surface area contributed by atoms with E-state index in [1.165, 1.54) is 0 Å². The topological polar surface area (TPSA) is 78.5 Å². The SMILES string of the molecule is Cc1ccc(NC(=O)CN2C(=O)N[C@](C)(c3ccc(Cl)cc3)C2=O)cc1. The van der Waals surface area contributed by atoms with E-state index in [4.69, 9.17) is 11.6 Å². The van der Waals surface area contributed by atoms with Crippen molar-refractivity contribution < 1.29 is 14.4 Å². The zero-order valence-electron chi connectivity index (χ0n) is 14.4.